The van der Waals surface area contributed by atoms with Gasteiger partial charge in [-0.15, -0.1) is 0 Å². The second-order valence-electron chi connectivity index (χ2n) is 6.31. The maximum Gasteiger partial charge on any atom is 0.343 e. The smallest absolute Gasteiger partial charge is 0.343 e. The van der Waals surface area contributed by atoms with Gasteiger partial charge in [-0.3, -0.25) is 14.9 Å². The number of nitro benzene ring substituents is 1. The Bertz CT molecular complexity index is 1220. The molecule has 0 radical (unpaired) electrons. The lowest BCUT2D eigenvalue weighted by Crippen LogP contribution is -2.08. The SMILES string of the molecule is O=C(Oc1ccc2c(c1)OC(=Cc1ccccc1F)C2=O)c1ccc([N+](=O)[O-])cc1. The molecule has 0 saturated heterocycles. The molecule has 8 heteroatoms. The molecule has 30 heavy (non-hydrogen) atoms. The first-order valence-corrected chi connectivity index (χ1v) is 8.72. The van der Waals surface area contributed by atoms with Crippen LogP contribution < -0.4 is 9.47 Å². The van der Waals surface area contributed by atoms with Crippen LogP contribution >= 0.6 is 0 Å². The van der Waals surface area contributed by atoms with E-state index < -0.39 is 22.5 Å². The van der Waals surface area contributed by atoms with E-state index in [1.54, 1.807) is 6.07 Å². The van der Waals surface area contributed by atoms with Crippen LogP contribution in [0.2, 0.25) is 0 Å². The number of halogens is 1. The van der Waals surface area contributed by atoms with Crippen LogP contribution in [0, 0.1) is 15.9 Å². The van der Waals surface area contributed by atoms with Crippen LogP contribution in [0.3, 0.4) is 0 Å². The van der Waals surface area contributed by atoms with Gasteiger partial charge in [0.2, 0.25) is 5.78 Å². The van der Waals surface area contributed by atoms with Gasteiger partial charge in [0.1, 0.15) is 17.3 Å². The van der Waals surface area contributed by atoms with Gasteiger partial charge in [0.15, 0.2) is 5.76 Å². The number of hydrogen-bond donors (Lipinski definition) is 0. The Balaban J connectivity index is 1.53. The van der Waals surface area contributed by atoms with Crippen molar-refractivity contribution in [3.05, 3.63) is 105 Å². The lowest BCUT2D eigenvalue weighted by molar-refractivity contribution is -0.384. The molecule has 1 aliphatic heterocycles. The molecule has 4 rings (SSSR count). The number of ether oxygens (including phenoxy) is 2. The molecule has 3 aromatic carbocycles. The Morgan fingerprint density at radius 3 is 2.50 bits per heavy atom. The summed E-state index contributed by atoms with van der Waals surface area (Å²) in [6, 6.07) is 15.2. The first-order valence-electron chi connectivity index (χ1n) is 8.72. The number of non-ortho nitro benzene ring substituents is 1. The lowest BCUT2D eigenvalue weighted by atomic mass is 10.1. The van der Waals surface area contributed by atoms with Crippen molar-refractivity contribution in [2.75, 3.05) is 0 Å². The maximum absolute atomic E-state index is 13.8. The number of Topliss-reactive ketones (excluding diaryl/α,β-unsaturated/α-hetero) is 1. The molecular formula is C22H12FNO6. The highest BCUT2D eigenvalue weighted by atomic mass is 19.1. The Hall–Kier alpha value is -4.33. The van der Waals surface area contributed by atoms with Gasteiger partial charge in [-0.05, 0) is 36.4 Å². The third-order valence-corrected chi connectivity index (χ3v) is 4.36. The number of fused-ring (bicyclic) bond motifs is 1. The predicted octanol–water partition coefficient (Wildman–Crippen LogP) is 4.57. The molecule has 0 aromatic heterocycles. The normalized spacial score (nSPS) is 13.6. The molecule has 0 spiro atoms. The van der Waals surface area contributed by atoms with E-state index >= 15 is 0 Å². The van der Waals surface area contributed by atoms with Gasteiger partial charge in [-0.25, -0.2) is 9.18 Å². The number of esters is 1. The number of allylic oxidation sites excluding steroid dienone is 1. The lowest BCUT2D eigenvalue weighted by Gasteiger charge is -2.05. The Kier molecular flexibility index (Phi) is 4.81. The van der Waals surface area contributed by atoms with Gasteiger partial charge in [0.05, 0.1) is 16.1 Å². The third-order valence-electron chi connectivity index (χ3n) is 4.36. The summed E-state index contributed by atoms with van der Waals surface area (Å²) >= 11 is 0. The minimum absolute atomic E-state index is 0.0473. The third kappa shape index (κ3) is 3.66. The number of rotatable bonds is 4. The van der Waals surface area contributed by atoms with Crippen LogP contribution in [0.5, 0.6) is 11.5 Å². The Morgan fingerprint density at radius 2 is 1.80 bits per heavy atom. The number of hydrogen-bond acceptors (Lipinski definition) is 6. The van der Waals surface area contributed by atoms with E-state index in [0.29, 0.717) is 0 Å². The van der Waals surface area contributed by atoms with Gasteiger partial charge in [-0.2, -0.15) is 0 Å². The maximum atomic E-state index is 13.8. The quantitative estimate of drug-likeness (QED) is 0.207. The highest BCUT2D eigenvalue weighted by molar-refractivity contribution is 6.14. The number of nitro groups is 1. The minimum Gasteiger partial charge on any atom is -0.452 e. The number of benzene rings is 3. The van der Waals surface area contributed by atoms with Gasteiger partial charge < -0.3 is 9.47 Å². The van der Waals surface area contributed by atoms with Crippen molar-refractivity contribution in [3.63, 3.8) is 0 Å². The second-order valence-corrected chi connectivity index (χ2v) is 6.31. The molecule has 1 heterocycles. The fourth-order valence-corrected chi connectivity index (χ4v) is 2.85. The molecule has 1 aliphatic rings. The predicted molar refractivity (Wildman–Crippen MR) is 104 cm³/mol. The van der Waals surface area contributed by atoms with E-state index in [2.05, 4.69) is 0 Å². The van der Waals surface area contributed by atoms with Gasteiger partial charge in [0, 0.05) is 23.8 Å². The van der Waals surface area contributed by atoms with Crippen LogP contribution in [0.1, 0.15) is 26.3 Å². The average molecular weight is 405 g/mol. The Morgan fingerprint density at radius 1 is 1.07 bits per heavy atom. The molecule has 0 amide bonds. The van der Waals surface area contributed by atoms with Gasteiger partial charge in [-0.1, -0.05) is 18.2 Å². The number of carbonyl (C=O) groups is 2. The van der Waals surface area contributed by atoms with Crippen molar-refractivity contribution in [2.24, 2.45) is 0 Å². The molecule has 0 unspecified atom stereocenters. The molecule has 0 saturated carbocycles. The van der Waals surface area contributed by atoms with Crippen molar-refractivity contribution in [3.8, 4) is 11.5 Å². The molecule has 7 nitrogen and oxygen atoms in total. The summed E-state index contributed by atoms with van der Waals surface area (Å²) in [5.41, 5.74) is 0.439. The molecule has 0 N–H and O–H groups in total. The van der Waals surface area contributed by atoms with Gasteiger partial charge >= 0.3 is 5.97 Å². The zero-order valence-electron chi connectivity index (χ0n) is 15.2. The van der Waals surface area contributed by atoms with Crippen molar-refractivity contribution in [1.82, 2.24) is 0 Å². The standard InChI is InChI=1S/C22H12FNO6/c23-18-4-2-1-3-14(18)11-20-21(25)17-10-9-16(12-19(17)30-20)29-22(26)13-5-7-15(8-6-13)24(27)28/h1-12H. The summed E-state index contributed by atoms with van der Waals surface area (Å²) in [6.07, 6.45) is 1.31. The van der Waals surface area contributed by atoms with Crippen LogP contribution in [0.15, 0.2) is 72.5 Å². The molecule has 3 aromatic rings. The average Bonchev–Trinajstić information content (AvgIpc) is 3.04. The molecule has 0 atom stereocenters. The first-order chi connectivity index (χ1) is 14.4. The van der Waals surface area contributed by atoms with E-state index in [1.807, 2.05) is 0 Å². The zero-order valence-corrected chi connectivity index (χ0v) is 15.2. The summed E-state index contributed by atoms with van der Waals surface area (Å²) in [5.74, 6) is -1.38. The van der Waals surface area contributed by atoms with Crippen molar-refractivity contribution in [1.29, 1.82) is 0 Å². The number of ketones is 1. The fourth-order valence-electron chi connectivity index (χ4n) is 2.85. The van der Waals surface area contributed by atoms with Crippen LogP contribution in [0.4, 0.5) is 10.1 Å². The monoisotopic (exact) mass is 405 g/mol. The number of nitrogens with zero attached hydrogens (tertiary/aromatic N) is 1. The van der Waals surface area contributed by atoms with Crippen molar-refractivity contribution >= 4 is 23.5 Å². The summed E-state index contributed by atoms with van der Waals surface area (Å²) in [7, 11) is 0. The largest absolute Gasteiger partial charge is 0.452 e. The first kappa shape index (κ1) is 19.0. The molecule has 148 valence electrons. The molecular weight excluding hydrogens is 393 g/mol. The van der Waals surface area contributed by atoms with Gasteiger partial charge in [0.25, 0.3) is 5.69 Å². The summed E-state index contributed by atoms with van der Waals surface area (Å²) in [6.45, 7) is 0. The molecule has 0 fully saturated rings. The minimum atomic E-state index is -0.726. The fraction of sp³-hybridized carbons (Fsp3) is 0. The summed E-state index contributed by atoms with van der Waals surface area (Å²) in [4.78, 5) is 34.8. The molecule has 0 aliphatic carbocycles. The van der Waals surface area contributed by atoms with Crippen molar-refractivity contribution < 1.29 is 28.4 Å². The highest BCUT2D eigenvalue weighted by Crippen LogP contribution is 2.35. The van der Waals surface area contributed by atoms with Crippen LogP contribution in [-0.4, -0.2) is 16.7 Å². The Labute approximate surface area is 169 Å². The van der Waals surface area contributed by atoms with E-state index in [-0.39, 0.29) is 39.6 Å². The topological polar surface area (TPSA) is 95.7 Å². The van der Waals surface area contributed by atoms with E-state index in [4.69, 9.17) is 9.47 Å². The van der Waals surface area contributed by atoms with E-state index in [1.165, 1.54) is 66.7 Å². The van der Waals surface area contributed by atoms with Crippen molar-refractivity contribution in [2.45, 2.75) is 0 Å². The highest BCUT2D eigenvalue weighted by Gasteiger charge is 2.28. The van der Waals surface area contributed by atoms with Crippen LogP contribution in [-0.2, 0) is 0 Å². The summed E-state index contributed by atoms with van der Waals surface area (Å²) in [5, 5.41) is 10.7. The second kappa shape index (κ2) is 7.59. The zero-order chi connectivity index (χ0) is 21.3. The van der Waals surface area contributed by atoms with E-state index in [9.17, 15) is 24.1 Å². The van der Waals surface area contributed by atoms with E-state index in [0.717, 1.165) is 0 Å². The molecule has 0 bridgehead atoms. The summed E-state index contributed by atoms with van der Waals surface area (Å²) < 4.78 is 24.6. The van der Waals surface area contributed by atoms with Crippen LogP contribution in [0.25, 0.3) is 6.08 Å². The number of carbonyl (C=O) groups excluding carboxylic acids is 2.